The molecule has 1 fully saturated rings. The van der Waals surface area contributed by atoms with Crippen molar-refractivity contribution in [2.75, 3.05) is 37.5 Å². The van der Waals surface area contributed by atoms with E-state index in [1.165, 1.54) is 0 Å². The lowest BCUT2D eigenvalue weighted by Crippen LogP contribution is -2.39. The predicted molar refractivity (Wildman–Crippen MR) is 120 cm³/mol. The van der Waals surface area contributed by atoms with Gasteiger partial charge in [-0.15, -0.1) is 0 Å². The number of hydrogen-bond acceptors (Lipinski definition) is 6. The largest absolute Gasteiger partial charge is 0.497 e. The number of benzene rings is 2. The van der Waals surface area contributed by atoms with Crippen molar-refractivity contribution in [1.82, 2.24) is 4.98 Å². The van der Waals surface area contributed by atoms with Gasteiger partial charge < -0.3 is 19.7 Å². The Labute approximate surface area is 181 Å². The van der Waals surface area contributed by atoms with E-state index in [-0.39, 0.29) is 0 Å². The highest BCUT2D eigenvalue weighted by atomic mass is 35.5. The number of nitriles is 1. The maximum atomic E-state index is 9.64. The Balaban J connectivity index is 1.53. The number of pyridine rings is 1. The summed E-state index contributed by atoms with van der Waals surface area (Å²) in [6.45, 7) is 1.66. The minimum Gasteiger partial charge on any atom is -0.497 e. The lowest BCUT2D eigenvalue weighted by molar-refractivity contribution is 0.394. The highest BCUT2D eigenvalue weighted by molar-refractivity contribution is 6.31. The second-order valence-electron chi connectivity index (χ2n) is 7.30. The van der Waals surface area contributed by atoms with Gasteiger partial charge in [0.2, 0.25) is 0 Å². The third kappa shape index (κ3) is 4.07. The van der Waals surface area contributed by atoms with E-state index in [1.54, 1.807) is 20.4 Å². The maximum absolute atomic E-state index is 9.64. The Kier molecular flexibility index (Phi) is 5.82. The molecule has 2 aromatic carbocycles. The predicted octanol–water partition coefficient (Wildman–Crippen LogP) is 4.86. The highest BCUT2D eigenvalue weighted by Gasteiger charge is 2.23. The smallest absolute Gasteiger partial charge is 0.124 e. The van der Waals surface area contributed by atoms with E-state index in [2.05, 4.69) is 21.3 Å². The number of piperidine rings is 1. The molecule has 0 radical (unpaired) electrons. The molecule has 0 unspecified atom stereocenters. The van der Waals surface area contributed by atoms with Gasteiger partial charge in [-0.1, -0.05) is 11.6 Å². The quantitative estimate of drug-likeness (QED) is 0.633. The monoisotopic (exact) mass is 422 g/mol. The summed E-state index contributed by atoms with van der Waals surface area (Å²) in [6.07, 6.45) is 3.53. The number of halogens is 1. The van der Waals surface area contributed by atoms with E-state index >= 15 is 0 Å². The van der Waals surface area contributed by atoms with Crippen LogP contribution in [0, 0.1) is 11.3 Å². The number of methoxy groups -OCH3 is 2. The van der Waals surface area contributed by atoms with Crippen LogP contribution in [0.2, 0.25) is 5.02 Å². The van der Waals surface area contributed by atoms with Crippen molar-refractivity contribution in [3.63, 3.8) is 0 Å². The topological polar surface area (TPSA) is 70.4 Å². The molecule has 0 saturated carbocycles. The molecule has 4 rings (SSSR count). The summed E-state index contributed by atoms with van der Waals surface area (Å²) in [7, 11) is 3.30. The fraction of sp³-hybridized carbons (Fsp3) is 0.304. The lowest BCUT2D eigenvalue weighted by atomic mass is 10.0. The van der Waals surface area contributed by atoms with Crippen LogP contribution >= 0.6 is 11.6 Å². The van der Waals surface area contributed by atoms with E-state index in [0.29, 0.717) is 16.6 Å². The number of nitrogens with zero attached hydrogens (tertiary/aromatic N) is 3. The van der Waals surface area contributed by atoms with Crippen LogP contribution in [0.4, 0.5) is 11.4 Å². The summed E-state index contributed by atoms with van der Waals surface area (Å²) in [5.41, 5.74) is 3.32. The van der Waals surface area contributed by atoms with Crippen LogP contribution in [0.25, 0.3) is 10.9 Å². The van der Waals surface area contributed by atoms with E-state index in [0.717, 1.165) is 59.7 Å². The molecule has 1 aromatic heterocycles. The van der Waals surface area contributed by atoms with E-state index in [4.69, 9.17) is 21.1 Å². The summed E-state index contributed by atoms with van der Waals surface area (Å²) in [6, 6.07) is 14.0. The third-order valence-electron chi connectivity index (χ3n) is 5.46. The van der Waals surface area contributed by atoms with Gasteiger partial charge in [0.15, 0.2) is 0 Å². The summed E-state index contributed by atoms with van der Waals surface area (Å²) in [5.74, 6) is 1.51. The Morgan fingerprint density at radius 3 is 2.43 bits per heavy atom. The fourth-order valence-corrected chi connectivity index (χ4v) is 4.12. The summed E-state index contributed by atoms with van der Waals surface area (Å²) in [4.78, 5) is 6.68. The number of aromatic nitrogens is 1. The summed E-state index contributed by atoms with van der Waals surface area (Å²) in [5, 5.41) is 14.8. The van der Waals surface area contributed by atoms with Crippen LogP contribution in [-0.2, 0) is 0 Å². The van der Waals surface area contributed by atoms with Gasteiger partial charge in [0.25, 0.3) is 0 Å². The van der Waals surface area contributed by atoms with Gasteiger partial charge in [0.1, 0.15) is 17.6 Å². The highest BCUT2D eigenvalue weighted by Crippen LogP contribution is 2.34. The first kappa shape index (κ1) is 20.1. The number of ether oxygens (including phenoxy) is 2. The number of anilines is 2. The van der Waals surface area contributed by atoms with E-state index in [1.807, 2.05) is 36.4 Å². The molecule has 0 atom stereocenters. The third-order valence-corrected chi connectivity index (χ3v) is 5.69. The molecule has 6 nitrogen and oxygen atoms in total. The first-order chi connectivity index (χ1) is 14.6. The number of hydrogen-bond donors (Lipinski definition) is 1. The van der Waals surface area contributed by atoms with Gasteiger partial charge in [-0.3, -0.25) is 4.98 Å². The van der Waals surface area contributed by atoms with Crippen molar-refractivity contribution < 1.29 is 9.47 Å². The molecular weight excluding hydrogens is 400 g/mol. The fourth-order valence-electron chi connectivity index (χ4n) is 3.95. The van der Waals surface area contributed by atoms with Gasteiger partial charge >= 0.3 is 0 Å². The number of rotatable bonds is 5. The number of fused-ring (bicyclic) bond motifs is 1. The molecule has 1 aliphatic rings. The molecule has 3 aromatic rings. The van der Waals surface area contributed by atoms with Crippen LogP contribution in [0.5, 0.6) is 11.5 Å². The van der Waals surface area contributed by atoms with E-state index in [9.17, 15) is 5.26 Å². The molecule has 154 valence electrons. The van der Waals surface area contributed by atoms with Gasteiger partial charge in [0.05, 0.1) is 31.0 Å². The Morgan fingerprint density at radius 2 is 1.80 bits per heavy atom. The Hall–Kier alpha value is -3.17. The van der Waals surface area contributed by atoms with Crippen LogP contribution in [0.15, 0.2) is 42.6 Å². The van der Waals surface area contributed by atoms with Gasteiger partial charge in [-0.2, -0.15) is 5.26 Å². The molecule has 1 saturated heterocycles. The minimum absolute atomic E-state index is 0.320. The van der Waals surface area contributed by atoms with Crippen LogP contribution < -0.4 is 19.7 Å². The number of nitrogens with one attached hydrogen (secondary N) is 1. The van der Waals surface area contributed by atoms with Gasteiger partial charge in [-0.25, -0.2) is 0 Å². The zero-order chi connectivity index (χ0) is 21.1. The molecule has 30 heavy (non-hydrogen) atoms. The summed E-state index contributed by atoms with van der Waals surface area (Å²) < 4.78 is 10.7. The molecule has 2 heterocycles. The van der Waals surface area contributed by atoms with Gasteiger partial charge in [0, 0.05) is 59.6 Å². The standard InChI is InChI=1S/C23H23ClN4O2/c1-29-19-10-18(11-20(12-19)30-2)27-17-5-7-28(8-6-17)23-15(13-25)14-26-22-4-3-16(24)9-21(22)23/h3-4,9-12,14,17,27H,5-8H2,1-2H3. The SMILES string of the molecule is COc1cc(NC2CCN(c3c(C#N)cnc4ccc(Cl)cc34)CC2)cc(OC)c1. The Morgan fingerprint density at radius 1 is 1.10 bits per heavy atom. The zero-order valence-electron chi connectivity index (χ0n) is 17.0. The van der Waals surface area contributed by atoms with Crippen molar-refractivity contribution in [2.45, 2.75) is 18.9 Å². The maximum Gasteiger partial charge on any atom is 0.124 e. The van der Waals surface area contributed by atoms with Crippen molar-refractivity contribution in [3.8, 4) is 17.6 Å². The average molecular weight is 423 g/mol. The molecule has 0 spiro atoms. The van der Waals surface area contributed by atoms with E-state index < -0.39 is 0 Å². The second kappa shape index (κ2) is 8.68. The van der Waals surface area contributed by atoms with Crippen LogP contribution in [0.3, 0.4) is 0 Å². The molecule has 0 amide bonds. The van der Waals surface area contributed by atoms with Crippen molar-refractivity contribution in [3.05, 3.63) is 53.2 Å². The lowest BCUT2D eigenvalue weighted by Gasteiger charge is -2.35. The first-order valence-corrected chi connectivity index (χ1v) is 10.2. The van der Waals surface area contributed by atoms with Crippen LogP contribution in [0.1, 0.15) is 18.4 Å². The van der Waals surface area contributed by atoms with Crippen molar-refractivity contribution in [2.24, 2.45) is 0 Å². The minimum atomic E-state index is 0.320. The van der Waals surface area contributed by atoms with Gasteiger partial charge in [-0.05, 0) is 31.0 Å². The molecule has 7 heteroatoms. The van der Waals surface area contributed by atoms with Crippen molar-refractivity contribution >= 4 is 33.9 Å². The average Bonchev–Trinajstić information content (AvgIpc) is 2.78. The first-order valence-electron chi connectivity index (χ1n) is 9.84. The Bertz CT molecular complexity index is 1080. The zero-order valence-corrected chi connectivity index (χ0v) is 17.7. The molecule has 0 aliphatic carbocycles. The second-order valence-corrected chi connectivity index (χ2v) is 7.74. The normalized spacial score (nSPS) is 14.4. The van der Waals surface area contributed by atoms with Crippen LogP contribution in [-0.4, -0.2) is 38.3 Å². The molecule has 0 bridgehead atoms. The molecular formula is C23H23ClN4O2. The molecule has 1 aliphatic heterocycles. The molecule has 1 N–H and O–H groups in total. The summed E-state index contributed by atoms with van der Waals surface area (Å²) >= 11 is 6.23. The van der Waals surface area contributed by atoms with Crippen molar-refractivity contribution in [1.29, 1.82) is 5.26 Å².